The molecule has 1 N–H and O–H groups in total. The fraction of sp³-hybridized carbons (Fsp3) is 0.364. The normalized spacial score (nSPS) is 17.2. The molecule has 1 saturated heterocycles. The third-order valence-electron chi connectivity index (χ3n) is 2.90. The fourth-order valence-electron chi connectivity index (χ4n) is 1.92. The van der Waals surface area contributed by atoms with E-state index in [4.69, 9.17) is 16.7 Å². The van der Waals surface area contributed by atoms with E-state index in [1.54, 1.807) is 0 Å². The number of rotatable bonds is 4. The van der Waals surface area contributed by atoms with Crippen molar-refractivity contribution in [1.82, 2.24) is 4.31 Å². The molecule has 0 radical (unpaired) electrons. The lowest BCUT2D eigenvalue weighted by atomic mass is 10.00. The van der Waals surface area contributed by atoms with E-state index in [1.165, 1.54) is 6.07 Å². The van der Waals surface area contributed by atoms with Crippen LogP contribution in [-0.2, 0) is 14.8 Å². The Balaban J connectivity index is 2.14. The van der Waals surface area contributed by atoms with Crippen molar-refractivity contribution in [1.29, 1.82) is 0 Å². The molecular weight excluding hydrogens is 297 g/mol. The van der Waals surface area contributed by atoms with E-state index in [0.29, 0.717) is 0 Å². The first-order valence-corrected chi connectivity index (χ1v) is 7.29. The first kappa shape index (κ1) is 14.2. The van der Waals surface area contributed by atoms with Crippen molar-refractivity contribution >= 4 is 27.6 Å². The van der Waals surface area contributed by atoms with Crippen LogP contribution in [0.15, 0.2) is 23.1 Å². The van der Waals surface area contributed by atoms with E-state index < -0.39 is 26.7 Å². The Morgan fingerprint density at radius 1 is 1.47 bits per heavy atom. The standard InChI is InChI=1S/C11H11ClFNO4S/c12-8-1-2-10(9(13)4-8)19(17,18)14-5-7(6-14)3-11(15)16/h1-2,4,7H,3,5-6H2,(H,15,16). The molecule has 0 unspecified atom stereocenters. The maximum Gasteiger partial charge on any atom is 0.303 e. The molecule has 0 saturated carbocycles. The van der Waals surface area contributed by atoms with Gasteiger partial charge in [-0.05, 0) is 24.1 Å². The van der Waals surface area contributed by atoms with Crippen molar-refractivity contribution in [2.75, 3.05) is 13.1 Å². The zero-order valence-electron chi connectivity index (χ0n) is 9.71. The molecule has 104 valence electrons. The van der Waals surface area contributed by atoms with Crippen LogP contribution in [-0.4, -0.2) is 36.9 Å². The van der Waals surface area contributed by atoms with E-state index in [1.807, 2.05) is 0 Å². The lowest BCUT2D eigenvalue weighted by Crippen LogP contribution is -2.50. The topological polar surface area (TPSA) is 74.7 Å². The van der Waals surface area contributed by atoms with Crippen molar-refractivity contribution in [3.8, 4) is 0 Å². The molecule has 0 spiro atoms. The lowest BCUT2D eigenvalue weighted by Gasteiger charge is -2.37. The van der Waals surface area contributed by atoms with Gasteiger partial charge in [0, 0.05) is 18.1 Å². The van der Waals surface area contributed by atoms with Gasteiger partial charge in [-0.3, -0.25) is 4.79 Å². The largest absolute Gasteiger partial charge is 0.481 e. The number of hydrogen-bond acceptors (Lipinski definition) is 3. The number of sulfonamides is 1. The molecule has 0 aliphatic carbocycles. The first-order valence-electron chi connectivity index (χ1n) is 5.47. The minimum absolute atomic E-state index is 0.0882. The van der Waals surface area contributed by atoms with Gasteiger partial charge in [-0.1, -0.05) is 11.6 Å². The van der Waals surface area contributed by atoms with Crippen LogP contribution >= 0.6 is 11.6 Å². The highest BCUT2D eigenvalue weighted by molar-refractivity contribution is 7.89. The predicted molar refractivity (Wildman–Crippen MR) is 65.9 cm³/mol. The molecule has 2 rings (SSSR count). The number of carboxylic acids is 1. The average Bonchev–Trinajstić information content (AvgIpc) is 2.21. The Morgan fingerprint density at radius 3 is 2.63 bits per heavy atom. The van der Waals surface area contributed by atoms with Gasteiger partial charge in [-0.15, -0.1) is 0 Å². The molecule has 8 heteroatoms. The minimum Gasteiger partial charge on any atom is -0.481 e. The number of aliphatic carboxylic acids is 1. The molecule has 1 aromatic rings. The highest BCUT2D eigenvalue weighted by atomic mass is 35.5. The SMILES string of the molecule is O=C(O)CC1CN(S(=O)(=O)c2ccc(Cl)cc2F)C1. The molecular formula is C11H11ClFNO4S. The Bertz CT molecular complexity index is 613. The summed E-state index contributed by atoms with van der Waals surface area (Å²) < 4.78 is 38.8. The van der Waals surface area contributed by atoms with E-state index in [0.717, 1.165) is 16.4 Å². The van der Waals surface area contributed by atoms with Gasteiger partial charge in [0.2, 0.25) is 10.0 Å². The lowest BCUT2D eigenvalue weighted by molar-refractivity contribution is -0.139. The highest BCUT2D eigenvalue weighted by Crippen LogP contribution is 2.29. The molecule has 1 fully saturated rings. The molecule has 0 bridgehead atoms. The predicted octanol–water partition coefficient (Wildman–Crippen LogP) is 1.57. The number of halogens is 2. The molecule has 1 aromatic carbocycles. The number of nitrogens with zero attached hydrogens (tertiary/aromatic N) is 1. The van der Waals surface area contributed by atoms with Gasteiger partial charge in [0.05, 0.1) is 6.42 Å². The van der Waals surface area contributed by atoms with Crippen molar-refractivity contribution in [3.05, 3.63) is 29.0 Å². The van der Waals surface area contributed by atoms with E-state index >= 15 is 0 Å². The minimum atomic E-state index is -3.91. The van der Waals surface area contributed by atoms with Gasteiger partial charge in [-0.2, -0.15) is 4.31 Å². The summed E-state index contributed by atoms with van der Waals surface area (Å²) in [6.07, 6.45) is -0.0882. The Hall–Kier alpha value is -1.18. The second-order valence-corrected chi connectivity index (χ2v) is 6.70. The molecule has 0 aromatic heterocycles. The molecule has 1 heterocycles. The first-order chi connectivity index (χ1) is 8.80. The Labute approximate surface area is 114 Å². The van der Waals surface area contributed by atoms with Crippen LogP contribution in [0.25, 0.3) is 0 Å². The van der Waals surface area contributed by atoms with Crippen LogP contribution < -0.4 is 0 Å². The molecule has 5 nitrogen and oxygen atoms in total. The van der Waals surface area contributed by atoms with Gasteiger partial charge in [0.25, 0.3) is 0 Å². The quantitative estimate of drug-likeness (QED) is 0.916. The van der Waals surface area contributed by atoms with Crippen molar-refractivity contribution in [2.45, 2.75) is 11.3 Å². The van der Waals surface area contributed by atoms with Gasteiger partial charge >= 0.3 is 5.97 Å². The zero-order valence-corrected chi connectivity index (χ0v) is 11.3. The van der Waals surface area contributed by atoms with Gasteiger partial charge in [0.15, 0.2) is 0 Å². The summed E-state index contributed by atoms with van der Waals surface area (Å²) in [6, 6.07) is 3.34. The third kappa shape index (κ3) is 2.88. The van der Waals surface area contributed by atoms with Crippen molar-refractivity contribution in [2.24, 2.45) is 5.92 Å². The molecule has 0 amide bonds. The number of carbonyl (C=O) groups is 1. The van der Waals surface area contributed by atoms with E-state index in [2.05, 4.69) is 0 Å². The second kappa shape index (κ2) is 5.07. The number of carboxylic acid groups (broad SMARTS) is 1. The van der Waals surface area contributed by atoms with Crippen LogP contribution in [0, 0.1) is 11.7 Å². The summed E-state index contributed by atoms with van der Waals surface area (Å²) in [4.78, 5) is 10.0. The van der Waals surface area contributed by atoms with Crippen LogP contribution in [0.3, 0.4) is 0 Å². The van der Waals surface area contributed by atoms with Crippen LogP contribution in [0.4, 0.5) is 4.39 Å². The Morgan fingerprint density at radius 2 is 2.11 bits per heavy atom. The van der Waals surface area contributed by atoms with Gasteiger partial charge in [-0.25, -0.2) is 12.8 Å². The number of hydrogen-bond donors (Lipinski definition) is 1. The van der Waals surface area contributed by atoms with Crippen molar-refractivity contribution < 1.29 is 22.7 Å². The molecule has 0 atom stereocenters. The second-order valence-electron chi connectivity index (χ2n) is 4.36. The van der Waals surface area contributed by atoms with Gasteiger partial charge < -0.3 is 5.11 Å². The fourth-order valence-corrected chi connectivity index (χ4v) is 3.71. The highest BCUT2D eigenvalue weighted by Gasteiger charge is 2.38. The third-order valence-corrected chi connectivity index (χ3v) is 5.00. The Kier molecular flexibility index (Phi) is 3.80. The monoisotopic (exact) mass is 307 g/mol. The van der Waals surface area contributed by atoms with Crippen molar-refractivity contribution in [3.63, 3.8) is 0 Å². The summed E-state index contributed by atoms with van der Waals surface area (Å²) in [5.74, 6) is -2.10. The number of benzene rings is 1. The average molecular weight is 308 g/mol. The van der Waals surface area contributed by atoms with Crippen LogP contribution in [0.5, 0.6) is 0 Å². The summed E-state index contributed by atoms with van der Waals surface area (Å²) in [7, 11) is -3.91. The molecule has 1 aliphatic heterocycles. The summed E-state index contributed by atoms with van der Waals surface area (Å²) in [5, 5.41) is 8.70. The van der Waals surface area contributed by atoms with E-state index in [9.17, 15) is 17.6 Å². The molecule has 1 aliphatic rings. The summed E-state index contributed by atoms with van der Waals surface area (Å²) in [6.45, 7) is 0.188. The maximum atomic E-state index is 13.6. The maximum absolute atomic E-state index is 13.6. The van der Waals surface area contributed by atoms with E-state index in [-0.39, 0.29) is 30.5 Å². The molecule has 19 heavy (non-hydrogen) atoms. The smallest absolute Gasteiger partial charge is 0.303 e. The summed E-state index contributed by atoms with van der Waals surface area (Å²) in [5.41, 5.74) is 0. The van der Waals surface area contributed by atoms with Crippen LogP contribution in [0.2, 0.25) is 5.02 Å². The zero-order chi connectivity index (χ0) is 14.2. The van der Waals surface area contributed by atoms with Gasteiger partial charge in [0.1, 0.15) is 10.7 Å². The van der Waals surface area contributed by atoms with Crippen LogP contribution in [0.1, 0.15) is 6.42 Å². The summed E-state index contributed by atoms with van der Waals surface area (Å²) >= 11 is 5.56.